The van der Waals surface area contributed by atoms with Crippen molar-refractivity contribution in [2.45, 2.75) is 0 Å². The summed E-state index contributed by atoms with van der Waals surface area (Å²) in [6, 6.07) is 0. The topological polar surface area (TPSA) is 141 Å². The van der Waals surface area contributed by atoms with Crippen molar-refractivity contribution in [1.82, 2.24) is 9.80 Å². The maximum atomic E-state index is 11.4. The number of nitrogens with zero attached hydrogens (tertiary/aromatic N) is 2. The lowest BCUT2D eigenvalue weighted by Crippen LogP contribution is -2.28. The van der Waals surface area contributed by atoms with E-state index in [1.54, 1.807) is 14.1 Å². The van der Waals surface area contributed by atoms with Gasteiger partial charge in [0.05, 0.1) is 13.2 Å². The standard InChI is InChI=1S/C8H16NO5P.C6H11NO2.C2H6ClO3P/c1-5-8(10)9(2)6-7-14-15(11,12-3)13-4;1-3-6(9)7(2)4-5-8;1-5-7(3,4)6-2/h5H,1,6-7H2,2-4H3;3,8H,1,4-5H2,2H3;1-2H3. The lowest BCUT2D eigenvalue weighted by Gasteiger charge is -2.17. The first-order valence-corrected chi connectivity index (χ1v) is 12.4. The van der Waals surface area contributed by atoms with Crippen LogP contribution in [0.4, 0.5) is 0 Å². The van der Waals surface area contributed by atoms with Gasteiger partial charge < -0.3 is 24.0 Å². The van der Waals surface area contributed by atoms with E-state index in [9.17, 15) is 18.7 Å². The molecular formula is C16H33ClN2O10P2. The van der Waals surface area contributed by atoms with Gasteiger partial charge in [-0.2, -0.15) is 0 Å². The molecular weight excluding hydrogens is 478 g/mol. The van der Waals surface area contributed by atoms with Crippen LogP contribution in [-0.2, 0) is 41.3 Å². The maximum absolute atomic E-state index is 11.4. The molecule has 0 aromatic carbocycles. The molecule has 31 heavy (non-hydrogen) atoms. The van der Waals surface area contributed by atoms with Crippen molar-refractivity contribution in [3.63, 3.8) is 0 Å². The Hall–Kier alpha value is -1.07. The first-order chi connectivity index (χ1) is 14.3. The lowest BCUT2D eigenvalue weighted by atomic mass is 10.5. The Morgan fingerprint density at radius 2 is 1.29 bits per heavy atom. The highest BCUT2D eigenvalue weighted by Gasteiger charge is 2.22. The molecule has 0 heterocycles. The minimum Gasteiger partial charge on any atom is -0.395 e. The van der Waals surface area contributed by atoms with Crippen LogP contribution in [-0.4, -0.2) is 95.6 Å². The molecule has 0 atom stereocenters. The van der Waals surface area contributed by atoms with Gasteiger partial charge in [0.25, 0.3) is 0 Å². The molecule has 0 fully saturated rings. The molecule has 184 valence electrons. The fourth-order valence-electron chi connectivity index (χ4n) is 1.23. The quantitative estimate of drug-likeness (QED) is 0.307. The number of halogens is 1. The smallest absolute Gasteiger partial charge is 0.395 e. The van der Waals surface area contributed by atoms with E-state index in [-0.39, 0.29) is 31.6 Å². The van der Waals surface area contributed by atoms with Gasteiger partial charge in [0.1, 0.15) is 0 Å². The minimum absolute atomic E-state index is 0.00389. The van der Waals surface area contributed by atoms with Crippen LogP contribution in [0.2, 0.25) is 0 Å². The SMILES string of the molecule is C=CC(=O)N(C)CCO.C=CC(=O)N(C)CCOP(=O)(OC)OC.COP(=O)(Cl)OC. The van der Waals surface area contributed by atoms with Gasteiger partial charge in [-0.1, -0.05) is 13.2 Å². The zero-order valence-corrected chi connectivity index (χ0v) is 21.2. The summed E-state index contributed by atoms with van der Waals surface area (Å²) in [6.07, 6.45) is 2.40. The molecule has 0 bridgehead atoms. The number of phosphoric acid groups is 1. The number of amides is 2. The van der Waals surface area contributed by atoms with Crippen LogP contribution >= 0.6 is 26.0 Å². The van der Waals surface area contributed by atoms with Gasteiger partial charge in [-0.05, 0) is 12.2 Å². The van der Waals surface area contributed by atoms with Crippen LogP contribution in [0.15, 0.2) is 25.3 Å². The van der Waals surface area contributed by atoms with E-state index in [0.29, 0.717) is 6.54 Å². The lowest BCUT2D eigenvalue weighted by molar-refractivity contribution is -0.125. The van der Waals surface area contributed by atoms with Crippen LogP contribution in [0.5, 0.6) is 0 Å². The summed E-state index contributed by atoms with van der Waals surface area (Å²) in [5.74, 6) is -0.396. The summed E-state index contributed by atoms with van der Waals surface area (Å²) in [7, 11) is 4.64. The maximum Gasteiger partial charge on any atom is 0.474 e. The molecule has 15 heteroatoms. The second kappa shape index (κ2) is 19.6. The van der Waals surface area contributed by atoms with Gasteiger partial charge >= 0.3 is 14.8 Å². The zero-order valence-electron chi connectivity index (χ0n) is 18.7. The molecule has 12 nitrogen and oxygen atoms in total. The Balaban J connectivity index is -0.000000417. The molecule has 0 saturated carbocycles. The fourth-order valence-corrected chi connectivity index (χ4v) is 2.04. The number of rotatable bonds is 12. The Morgan fingerprint density at radius 3 is 1.55 bits per heavy atom. The summed E-state index contributed by atoms with van der Waals surface area (Å²) < 4.78 is 44.0. The molecule has 0 aliphatic rings. The third-order valence-electron chi connectivity index (χ3n) is 3.10. The predicted octanol–water partition coefficient (Wildman–Crippen LogP) is 2.30. The van der Waals surface area contributed by atoms with E-state index < -0.39 is 14.8 Å². The van der Waals surface area contributed by atoms with Gasteiger partial charge in [0.15, 0.2) is 0 Å². The van der Waals surface area contributed by atoms with Gasteiger partial charge in [-0.25, -0.2) is 9.13 Å². The third-order valence-corrected chi connectivity index (χ3v) is 6.19. The number of likely N-dealkylation sites (N-methyl/N-ethyl adjacent to an activating group) is 2. The van der Waals surface area contributed by atoms with Crippen molar-refractivity contribution in [3.05, 3.63) is 25.3 Å². The van der Waals surface area contributed by atoms with E-state index in [4.69, 9.17) is 20.9 Å². The molecule has 2 amide bonds. The van der Waals surface area contributed by atoms with Gasteiger partial charge in [0.2, 0.25) is 11.8 Å². The molecule has 0 aromatic rings. The van der Waals surface area contributed by atoms with E-state index >= 15 is 0 Å². The Morgan fingerprint density at radius 1 is 0.903 bits per heavy atom. The van der Waals surface area contributed by atoms with E-state index in [1.165, 1.54) is 50.4 Å². The summed E-state index contributed by atoms with van der Waals surface area (Å²) in [5, 5.41) is 8.35. The van der Waals surface area contributed by atoms with Crippen LogP contribution in [0.25, 0.3) is 0 Å². The minimum atomic E-state index is -3.44. The normalized spacial score (nSPS) is 10.6. The summed E-state index contributed by atoms with van der Waals surface area (Å²) in [5.41, 5.74) is 0. The number of hydrogen-bond donors (Lipinski definition) is 1. The third kappa shape index (κ3) is 19.3. The highest BCUT2D eigenvalue weighted by molar-refractivity contribution is 7.81. The fraction of sp³-hybridized carbons (Fsp3) is 0.625. The van der Waals surface area contributed by atoms with Crippen molar-refractivity contribution in [2.24, 2.45) is 0 Å². The highest BCUT2D eigenvalue weighted by atomic mass is 35.7. The van der Waals surface area contributed by atoms with Crippen molar-refractivity contribution >= 4 is 37.8 Å². The van der Waals surface area contributed by atoms with E-state index in [1.807, 2.05) is 0 Å². The number of phosphoric ester groups is 1. The number of carbonyl (C=O) groups excluding carboxylic acids is 2. The van der Waals surface area contributed by atoms with E-state index in [0.717, 1.165) is 0 Å². The largest absolute Gasteiger partial charge is 0.474 e. The molecule has 0 aromatic heterocycles. The van der Waals surface area contributed by atoms with Crippen LogP contribution in [0.1, 0.15) is 0 Å². The molecule has 0 aliphatic carbocycles. The van der Waals surface area contributed by atoms with Crippen molar-refractivity contribution in [3.8, 4) is 0 Å². The number of aliphatic hydroxyl groups is 1. The molecule has 0 radical (unpaired) electrons. The van der Waals surface area contributed by atoms with Gasteiger partial charge in [-0.3, -0.25) is 23.2 Å². The highest BCUT2D eigenvalue weighted by Crippen LogP contribution is 2.51. The summed E-state index contributed by atoms with van der Waals surface area (Å²) in [4.78, 5) is 24.4. The zero-order chi connectivity index (χ0) is 25.1. The van der Waals surface area contributed by atoms with Gasteiger partial charge in [0, 0.05) is 66.9 Å². The Labute approximate surface area is 188 Å². The summed E-state index contributed by atoms with van der Waals surface area (Å²) >= 11 is 5.02. The molecule has 0 aliphatic heterocycles. The van der Waals surface area contributed by atoms with Crippen molar-refractivity contribution in [1.29, 1.82) is 0 Å². The summed E-state index contributed by atoms with van der Waals surface area (Å²) in [6.45, 7) is 4.15. The van der Waals surface area contributed by atoms with E-state index in [2.05, 4.69) is 31.3 Å². The molecule has 0 rings (SSSR count). The average Bonchev–Trinajstić information content (AvgIpc) is 2.78. The van der Waals surface area contributed by atoms with Crippen molar-refractivity contribution < 1.29 is 46.4 Å². The molecule has 0 saturated heterocycles. The Bertz CT molecular complexity index is 620. The molecule has 0 spiro atoms. The van der Waals surface area contributed by atoms with Crippen LogP contribution in [0, 0.1) is 0 Å². The molecule has 0 unspecified atom stereocenters. The number of carbonyl (C=O) groups is 2. The number of hydrogen-bond acceptors (Lipinski definition) is 10. The van der Waals surface area contributed by atoms with Crippen LogP contribution in [0.3, 0.4) is 0 Å². The van der Waals surface area contributed by atoms with Crippen LogP contribution < -0.4 is 0 Å². The number of aliphatic hydroxyl groups excluding tert-OH is 1. The second-order valence-corrected chi connectivity index (χ2v) is 9.81. The monoisotopic (exact) mass is 510 g/mol. The van der Waals surface area contributed by atoms with Crippen molar-refractivity contribution in [2.75, 3.05) is 68.8 Å². The predicted molar refractivity (Wildman–Crippen MR) is 118 cm³/mol. The average molecular weight is 511 g/mol. The first-order valence-electron chi connectivity index (χ1n) is 8.46. The second-order valence-electron chi connectivity index (χ2n) is 5.09. The van der Waals surface area contributed by atoms with Gasteiger partial charge in [-0.15, -0.1) is 0 Å². The molecule has 1 N–H and O–H groups in total. The first kappa shape index (κ1) is 34.5. The Kier molecular flexibility index (Phi) is 21.8.